The molecule has 1 saturated carbocycles. The molecule has 1 aromatic carbocycles. The zero-order chi connectivity index (χ0) is 11.7. The number of hydrogen-bond donors (Lipinski definition) is 0. The third-order valence-corrected chi connectivity index (χ3v) is 2.75. The smallest absolute Gasteiger partial charge is 0.166 e. The minimum atomic E-state index is 0.430. The Morgan fingerprint density at radius 3 is 1.88 bits per heavy atom. The first-order valence-electron chi connectivity index (χ1n) is 5.74. The Morgan fingerprint density at radius 1 is 1.00 bits per heavy atom. The maximum Gasteiger partial charge on any atom is 0.166 e. The average molecular weight is 220 g/mol. The molecule has 0 N–H and O–H groups in total. The van der Waals surface area contributed by atoms with E-state index in [1.54, 1.807) is 0 Å². The predicted octanol–water partition coefficient (Wildman–Crippen LogP) is 2.36. The Bertz CT molecular complexity index is 344. The van der Waals surface area contributed by atoms with E-state index in [2.05, 4.69) is 56.2 Å². The van der Waals surface area contributed by atoms with Gasteiger partial charge < -0.3 is 14.5 Å². The van der Waals surface area contributed by atoms with E-state index < -0.39 is 0 Å². The topological polar surface area (TPSA) is 15.7 Å². The molecule has 16 heavy (non-hydrogen) atoms. The molecule has 0 unspecified atom stereocenters. The Hall–Kier alpha value is -1.38. The van der Waals surface area contributed by atoms with Gasteiger partial charge in [-0.15, -0.1) is 0 Å². The summed E-state index contributed by atoms with van der Waals surface area (Å²) in [5.41, 5.74) is 2.30. The molecule has 0 spiro atoms. The van der Waals surface area contributed by atoms with Crippen LogP contribution >= 0.6 is 0 Å². The summed E-state index contributed by atoms with van der Waals surface area (Å²) in [7, 11) is 8.20. The molecule has 1 aromatic rings. The molecule has 1 aliphatic carbocycles. The number of rotatable bonds is 4. The highest BCUT2D eigenvalue weighted by atomic mass is 16.5. The van der Waals surface area contributed by atoms with Crippen molar-refractivity contribution in [3.63, 3.8) is 0 Å². The van der Waals surface area contributed by atoms with Crippen molar-refractivity contribution >= 4 is 11.4 Å². The van der Waals surface area contributed by atoms with Gasteiger partial charge in [-0.1, -0.05) is 6.07 Å². The van der Waals surface area contributed by atoms with E-state index in [4.69, 9.17) is 4.74 Å². The van der Waals surface area contributed by atoms with E-state index in [1.807, 2.05) is 0 Å². The zero-order valence-electron chi connectivity index (χ0n) is 10.5. The van der Waals surface area contributed by atoms with Gasteiger partial charge >= 0.3 is 0 Å². The quantitative estimate of drug-likeness (QED) is 0.774. The molecule has 3 nitrogen and oxygen atoms in total. The van der Waals surface area contributed by atoms with Crippen molar-refractivity contribution in [1.29, 1.82) is 0 Å². The monoisotopic (exact) mass is 220 g/mol. The van der Waals surface area contributed by atoms with E-state index in [0.717, 1.165) is 17.1 Å². The molecule has 0 aromatic heterocycles. The standard InChI is InChI=1S/C13H20N2O/c1-14(2)11-6-5-7-12(15(3)4)13(11)16-10-8-9-10/h5-7,10H,8-9H2,1-4H3. The summed E-state index contributed by atoms with van der Waals surface area (Å²) in [5, 5.41) is 0. The van der Waals surface area contributed by atoms with Gasteiger partial charge in [0.05, 0.1) is 17.5 Å². The lowest BCUT2D eigenvalue weighted by Gasteiger charge is -2.23. The van der Waals surface area contributed by atoms with Gasteiger partial charge in [-0.3, -0.25) is 0 Å². The minimum absolute atomic E-state index is 0.430. The van der Waals surface area contributed by atoms with Crippen molar-refractivity contribution < 1.29 is 4.74 Å². The van der Waals surface area contributed by atoms with E-state index in [0.29, 0.717) is 6.10 Å². The van der Waals surface area contributed by atoms with Crippen LogP contribution in [0.4, 0.5) is 11.4 Å². The molecule has 0 aliphatic heterocycles. The molecule has 0 heterocycles. The van der Waals surface area contributed by atoms with Crippen molar-refractivity contribution in [1.82, 2.24) is 0 Å². The average Bonchev–Trinajstić information content (AvgIpc) is 3.01. The van der Waals surface area contributed by atoms with Crippen LogP contribution in [0.15, 0.2) is 18.2 Å². The summed E-state index contributed by atoms with van der Waals surface area (Å²) in [4.78, 5) is 4.20. The van der Waals surface area contributed by atoms with Crippen molar-refractivity contribution in [2.45, 2.75) is 18.9 Å². The van der Waals surface area contributed by atoms with E-state index >= 15 is 0 Å². The van der Waals surface area contributed by atoms with Gasteiger partial charge in [0.1, 0.15) is 0 Å². The number of para-hydroxylation sites is 1. The number of nitrogens with zero attached hydrogens (tertiary/aromatic N) is 2. The third-order valence-electron chi connectivity index (χ3n) is 2.75. The summed E-state index contributed by atoms with van der Waals surface area (Å²) >= 11 is 0. The summed E-state index contributed by atoms with van der Waals surface area (Å²) in [6.07, 6.45) is 2.81. The van der Waals surface area contributed by atoms with Gasteiger partial charge in [-0.2, -0.15) is 0 Å². The van der Waals surface area contributed by atoms with Crippen LogP contribution in [0.2, 0.25) is 0 Å². The normalized spacial score (nSPS) is 14.8. The minimum Gasteiger partial charge on any atom is -0.486 e. The highest BCUT2D eigenvalue weighted by Gasteiger charge is 2.26. The zero-order valence-corrected chi connectivity index (χ0v) is 10.5. The van der Waals surface area contributed by atoms with Gasteiger partial charge in [-0.05, 0) is 25.0 Å². The Morgan fingerprint density at radius 2 is 1.50 bits per heavy atom. The van der Waals surface area contributed by atoms with Gasteiger partial charge in [0.25, 0.3) is 0 Å². The first-order chi connectivity index (χ1) is 7.59. The van der Waals surface area contributed by atoms with Gasteiger partial charge in [0.15, 0.2) is 5.75 Å². The second-order valence-electron chi connectivity index (χ2n) is 4.73. The lowest BCUT2D eigenvalue weighted by molar-refractivity contribution is 0.304. The summed E-state index contributed by atoms with van der Waals surface area (Å²) in [6.45, 7) is 0. The molecule has 0 amide bonds. The molecule has 1 aliphatic rings. The summed E-state index contributed by atoms with van der Waals surface area (Å²) in [6, 6.07) is 6.28. The Balaban J connectivity index is 2.38. The molecular weight excluding hydrogens is 200 g/mol. The van der Waals surface area contributed by atoms with Crippen molar-refractivity contribution in [3.8, 4) is 5.75 Å². The SMILES string of the molecule is CN(C)c1cccc(N(C)C)c1OC1CC1. The number of ether oxygens (including phenoxy) is 1. The molecule has 0 bridgehead atoms. The van der Waals surface area contributed by atoms with Crippen LogP contribution in [0.25, 0.3) is 0 Å². The molecule has 88 valence electrons. The highest BCUT2D eigenvalue weighted by molar-refractivity contribution is 5.72. The molecule has 0 atom stereocenters. The van der Waals surface area contributed by atoms with Crippen molar-refractivity contribution in [2.24, 2.45) is 0 Å². The number of hydrogen-bond acceptors (Lipinski definition) is 3. The lowest BCUT2D eigenvalue weighted by atomic mass is 10.2. The fourth-order valence-electron chi connectivity index (χ4n) is 1.69. The van der Waals surface area contributed by atoms with Crippen LogP contribution in [0.5, 0.6) is 5.75 Å². The van der Waals surface area contributed by atoms with E-state index in [-0.39, 0.29) is 0 Å². The molecular formula is C13H20N2O. The van der Waals surface area contributed by atoms with Crippen LogP contribution < -0.4 is 14.5 Å². The maximum absolute atomic E-state index is 6.03. The largest absolute Gasteiger partial charge is 0.486 e. The van der Waals surface area contributed by atoms with E-state index in [1.165, 1.54) is 12.8 Å². The van der Waals surface area contributed by atoms with Crippen LogP contribution in [-0.4, -0.2) is 34.3 Å². The van der Waals surface area contributed by atoms with Crippen LogP contribution in [-0.2, 0) is 0 Å². The summed E-state index contributed by atoms with van der Waals surface area (Å²) in [5.74, 6) is 1.01. The Kier molecular flexibility index (Phi) is 2.95. The number of anilines is 2. The first-order valence-corrected chi connectivity index (χ1v) is 5.74. The second kappa shape index (κ2) is 4.24. The Labute approximate surface area is 97.6 Å². The molecule has 2 rings (SSSR count). The van der Waals surface area contributed by atoms with Gasteiger partial charge in [-0.25, -0.2) is 0 Å². The number of benzene rings is 1. The fraction of sp³-hybridized carbons (Fsp3) is 0.538. The second-order valence-corrected chi connectivity index (χ2v) is 4.73. The maximum atomic E-state index is 6.03. The van der Waals surface area contributed by atoms with Crippen molar-refractivity contribution in [2.75, 3.05) is 38.0 Å². The molecule has 3 heteroatoms. The third kappa shape index (κ3) is 2.23. The van der Waals surface area contributed by atoms with Gasteiger partial charge in [0, 0.05) is 28.2 Å². The van der Waals surface area contributed by atoms with Crippen molar-refractivity contribution in [3.05, 3.63) is 18.2 Å². The predicted molar refractivity (Wildman–Crippen MR) is 68.7 cm³/mol. The van der Waals surface area contributed by atoms with Crippen LogP contribution in [0.1, 0.15) is 12.8 Å². The first kappa shape index (κ1) is 11.1. The fourth-order valence-corrected chi connectivity index (χ4v) is 1.69. The lowest BCUT2D eigenvalue weighted by Crippen LogP contribution is -2.16. The molecule has 0 radical (unpaired) electrons. The van der Waals surface area contributed by atoms with Crippen LogP contribution in [0, 0.1) is 0 Å². The molecule has 0 saturated heterocycles. The molecule has 1 fully saturated rings. The highest BCUT2D eigenvalue weighted by Crippen LogP contribution is 2.40. The van der Waals surface area contributed by atoms with E-state index in [9.17, 15) is 0 Å². The van der Waals surface area contributed by atoms with Crippen LogP contribution in [0.3, 0.4) is 0 Å². The summed E-state index contributed by atoms with van der Waals surface area (Å²) < 4.78 is 6.03. The van der Waals surface area contributed by atoms with Gasteiger partial charge in [0.2, 0.25) is 0 Å².